The Hall–Kier alpha value is -1.51. The molecule has 0 aromatic heterocycles. The molecule has 3 heteroatoms. The molecule has 0 saturated carbocycles. The maximum atomic E-state index is 11.4. The van der Waals surface area contributed by atoms with Crippen molar-refractivity contribution in [2.24, 2.45) is 0 Å². The third-order valence-corrected chi connectivity index (χ3v) is 2.98. The lowest BCUT2D eigenvalue weighted by molar-refractivity contribution is -0.134. The molecule has 0 radical (unpaired) electrons. The molecule has 1 N–H and O–H groups in total. The molecule has 3 nitrogen and oxygen atoms in total. The van der Waals surface area contributed by atoms with Crippen LogP contribution in [0, 0.1) is 13.8 Å². The molecule has 0 atom stereocenters. The summed E-state index contributed by atoms with van der Waals surface area (Å²) in [5.41, 5.74) is 2.22. The molecule has 0 heterocycles. The Labute approximate surface area is 109 Å². The van der Waals surface area contributed by atoms with Crippen LogP contribution in [0.2, 0.25) is 0 Å². The molecule has 0 spiro atoms. The fourth-order valence-corrected chi connectivity index (χ4v) is 1.87. The summed E-state index contributed by atoms with van der Waals surface area (Å²) in [5.74, 6) is 0.406. The molecule has 0 bridgehead atoms. The van der Waals surface area contributed by atoms with E-state index in [2.05, 4.69) is 0 Å². The summed E-state index contributed by atoms with van der Waals surface area (Å²) < 4.78 is 5.27. The first kappa shape index (κ1) is 14.6. The zero-order valence-electron chi connectivity index (χ0n) is 12.0. The van der Waals surface area contributed by atoms with Crippen molar-refractivity contribution in [2.45, 2.75) is 53.4 Å². The lowest BCUT2D eigenvalue weighted by atomic mass is 9.84. The van der Waals surface area contributed by atoms with Crippen molar-refractivity contribution in [3.63, 3.8) is 0 Å². The Morgan fingerprint density at radius 3 is 2.33 bits per heavy atom. The number of carbonyl (C=O) groups excluding carboxylic acids is 1. The quantitative estimate of drug-likeness (QED) is 0.644. The van der Waals surface area contributed by atoms with Gasteiger partial charge in [-0.3, -0.25) is 4.79 Å². The minimum atomic E-state index is -0.288. The molecule has 0 fully saturated rings. The van der Waals surface area contributed by atoms with Crippen LogP contribution < -0.4 is 4.74 Å². The van der Waals surface area contributed by atoms with Crippen molar-refractivity contribution in [3.05, 3.63) is 22.8 Å². The third-order valence-electron chi connectivity index (χ3n) is 2.98. The van der Waals surface area contributed by atoms with Crippen LogP contribution >= 0.6 is 0 Å². The van der Waals surface area contributed by atoms with Gasteiger partial charge in [0, 0.05) is 17.5 Å². The van der Waals surface area contributed by atoms with Crippen LogP contribution in [-0.2, 0) is 10.2 Å². The van der Waals surface area contributed by atoms with E-state index >= 15 is 0 Å². The number of phenols is 1. The van der Waals surface area contributed by atoms with E-state index in [1.165, 1.54) is 0 Å². The van der Waals surface area contributed by atoms with Crippen molar-refractivity contribution < 1.29 is 14.6 Å². The fourth-order valence-electron chi connectivity index (χ4n) is 1.87. The minimum absolute atomic E-state index is 0.146. The first-order chi connectivity index (χ1) is 8.18. The lowest BCUT2D eigenvalue weighted by Gasteiger charge is -2.23. The first-order valence-electron chi connectivity index (χ1n) is 6.22. The molecule has 1 aromatic rings. The highest BCUT2D eigenvalue weighted by Crippen LogP contribution is 2.39. The number of hydrogen-bond donors (Lipinski definition) is 1. The van der Waals surface area contributed by atoms with Gasteiger partial charge in [0.2, 0.25) is 0 Å². The van der Waals surface area contributed by atoms with Gasteiger partial charge in [-0.05, 0) is 30.9 Å². The van der Waals surface area contributed by atoms with Crippen LogP contribution in [-0.4, -0.2) is 11.1 Å². The Balaban J connectivity index is 3.34. The van der Waals surface area contributed by atoms with Crippen LogP contribution in [0.3, 0.4) is 0 Å². The maximum Gasteiger partial charge on any atom is 0.310 e. The fraction of sp³-hybridized carbons (Fsp3) is 0.533. The van der Waals surface area contributed by atoms with E-state index in [0.29, 0.717) is 17.7 Å². The molecular formula is C15H22O3. The second-order valence-corrected chi connectivity index (χ2v) is 5.62. The summed E-state index contributed by atoms with van der Waals surface area (Å²) >= 11 is 0. The van der Waals surface area contributed by atoms with Crippen molar-refractivity contribution in [3.8, 4) is 11.5 Å². The molecule has 0 aliphatic carbocycles. The van der Waals surface area contributed by atoms with Crippen LogP contribution in [0.15, 0.2) is 6.07 Å². The van der Waals surface area contributed by atoms with E-state index in [4.69, 9.17) is 4.74 Å². The summed E-state index contributed by atoms with van der Waals surface area (Å²) in [5, 5.41) is 10.2. The Morgan fingerprint density at radius 2 is 1.89 bits per heavy atom. The van der Waals surface area contributed by atoms with Crippen molar-refractivity contribution in [1.29, 1.82) is 0 Å². The molecule has 100 valence electrons. The van der Waals surface area contributed by atoms with Crippen molar-refractivity contribution >= 4 is 5.97 Å². The van der Waals surface area contributed by atoms with E-state index in [-0.39, 0.29) is 17.1 Å². The number of aryl methyl sites for hydroxylation is 1. The van der Waals surface area contributed by atoms with Gasteiger partial charge in [-0.2, -0.15) is 0 Å². The van der Waals surface area contributed by atoms with Gasteiger partial charge in [0.1, 0.15) is 11.5 Å². The van der Waals surface area contributed by atoms with Gasteiger partial charge in [-0.1, -0.05) is 27.7 Å². The Morgan fingerprint density at radius 1 is 1.33 bits per heavy atom. The Kier molecular flexibility index (Phi) is 4.05. The molecule has 0 amide bonds. The highest BCUT2D eigenvalue weighted by atomic mass is 16.5. The van der Waals surface area contributed by atoms with E-state index in [0.717, 1.165) is 11.1 Å². The SMILES string of the molecule is CCC(=O)Oc1c(C)cc(C(C)(C)C)c(O)c1C. The molecule has 0 aliphatic rings. The normalized spacial score (nSPS) is 11.4. The molecule has 0 saturated heterocycles. The van der Waals surface area contributed by atoms with Gasteiger partial charge in [0.05, 0.1) is 0 Å². The third kappa shape index (κ3) is 2.84. The second kappa shape index (κ2) is 5.01. The first-order valence-corrected chi connectivity index (χ1v) is 6.22. The van der Waals surface area contributed by atoms with Gasteiger partial charge in [-0.15, -0.1) is 0 Å². The summed E-state index contributed by atoms with van der Waals surface area (Å²) in [6, 6.07) is 1.89. The average Bonchev–Trinajstić information content (AvgIpc) is 2.27. The summed E-state index contributed by atoms with van der Waals surface area (Å²) in [7, 11) is 0. The number of carbonyl (C=O) groups is 1. The number of phenolic OH excluding ortho intramolecular Hbond substituents is 1. The van der Waals surface area contributed by atoms with E-state index < -0.39 is 0 Å². The smallest absolute Gasteiger partial charge is 0.310 e. The molecule has 1 aromatic carbocycles. The lowest BCUT2D eigenvalue weighted by Crippen LogP contribution is -2.14. The zero-order chi connectivity index (χ0) is 14.1. The zero-order valence-corrected chi connectivity index (χ0v) is 12.0. The van der Waals surface area contributed by atoms with Crippen LogP contribution in [0.1, 0.15) is 50.8 Å². The van der Waals surface area contributed by atoms with Crippen LogP contribution in [0.4, 0.5) is 0 Å². The number of aromatic hydroxyl groups is 1. The molecule has 0 aliphatic heterocycles. The summed E-state index contributed by atoms with van der Waals surface area (Å²) in [4.78, 5) is 11.4. The van der Waals surface area contributed by atoms with Crippen molar-refractivity contribution in [1.82, 2.24) is 0 Å². The molecular weight excluding hydrogens is 228 g/mol. The Bertz CT molecular complexity index is 468. The number of esters is 1. The molecule has 1 rings (SSSR count). The minimum Gasteiger partial charge on any atom is -0.507 e. The molecule has 0 unspecified atom stereocenters. The number of ether oxygens (including phenoxy) is 1. The second-order valence-electron chi connectivity index (χ2n) is 5.62. The van der Waals surface area contributed by atoms with Crippen LogP contribution in [0.25, 0.3) is 0 Å². The number of hydrogen-bond acceptors (Lipinski definition) is 3. The average molecular weight is 250 g/mol. The summed E-state index contributed by atoms with van der Waals surface area (Å²) in [6.45, 7) is 11.5. The topological polar surface area (TPSA) is 46.5 Å². The maximum absolute atomic E-state index is 11.4. The van der Waals surface area contributed by atoms with Crippen molar-refractivity contribution in [2.75, 3.05) is 0 Å². The highest BCUT2D eigenvalue weighted by molar-refractivity contribution is 5.73. The largest absolute Gasteiger partial charge is 0.507 e. The molecule has 18 heavy (non-hydrogen) atoms. The summed E-state index contributed by atoms with van der Waals surface area (Å²) in [6.07, 6.45) is 0.320. The van der Waals surface area contributed by atoms with Gasteiger partial charge in [0.15, 0.2) is 0 Å². The number of benzene rings is 1. The number of rotatable bonds is 2. The van der Waals surface area contributed by atoms with Gasteiger partial charge >= 0.3 is 5.97 Å². The monoisotopic (exact) mass is 250 g/mol. The van der Waals surface area contributed by atoms with E-state index in [9.17, 15) is 9.90 Å². The van der Waals surface area contributed by atoms with E-state index in [1.54, 1.807) is 13.8 Å². The predicted octanol–water partition coefficient (Wildman–Crippen LogP) is 3.62. The van der Waals surface area contributed by atoms with E-state index in [1.807, 2.05) is 33.8 Å². The van der Waals surface area contributed by atoms with Gasteiger partial charge in [-0.25, -0.2) is 0 Å². The highest BCUT2D eigenvalue weighted by Gasteiger charge is 2.23. The van der Waals surface area contributed by atoms with Crippen LogP contribution in [0.5, 0.6) is 11.5 Å². The van der Waals surface area contributed by atoms with Gasteiger partial charge < -0.3 is 9.84 Å². The predicted molar refractivity (Wildman–Crippen MR) is 72.2 cm³/mol. The standard InChI is InChI=1S/C15H22O3/c1-7-12(16)18-14-9(2)8-11(15(4,5)6)13(17)10(14)3/h8,17H,7H2,1-6H3. The van der Waals surface area contributed by atoms with Gasteiger partial charge in [0.25, 0.3) is 0 Å².